The van der Waals surface area contributed by atoms with E-state index in [0.29, 0.717) is 19.5 Å². The summed E-state index contributed by atoms with van der Waals surface area (Å²) in [7, 11) is -2.84. The standard InChI is InChI=1S/C11H20N2O3S/c1-11(3-4-12-8-11)10(14)13-6-9-2-5-17(15,16)7-9/h9,12H,2-8H2,1H3,(H,13,14). The molecule has 0 aliphatic carbocycles. The van der Waals surface area contributed by atoms with E-state index in [2.05, 4.69) is 10.6 Å². The Morgan fingerprint density at radius 1 is 1.53 bits per heavy atom. The molecule has 2 N–H and O–H groups in total. The molecule has 6 heteroatoms. The first kappa shape index (κ1) is 12.8. The molecular formula is C11H20N2O3S. The van der Waals surface area contributed by atoms with Crippen LogP contribution in [0.15, 0.2) is 0 Å². The Morgan fingerprint density at radius 2 is 2.29 bits per heavy atom. The molecule has 1 amide bonds. The molecule has 0 bridgehead atoms. The lowest BCUT2D eigenvalue weighted by Crippen LogP contribution is -2.42. The molecule has 2 aliphatic rings. The van der Waals surface area contributed by atoms with Gasteiger partial charge in [0.25, 0.3) is 0 Å². The largest absolute Gasteiger partial charge is 0.355 e. The van der Waals surface area contributed by atoms with Gasteiger partial charge in [-0.25, -0.2) is 8.42 Å². The van der Waals surface area contributed by atoms with E-state index in [0.717, 1.165) is 13.0 Å². The van der Waals surface area contributed by atoms with Gasteiger partial charge in [0.1, 0.15) is 0 Å². The van der Waals surface area contributed by atoms with Gasteiger partial charge in [-0.1, -0.05) is 0 Å². The Bertz CT molecular complexity index is 399. The zero-order valence-corrected chi connectivity index (χ0v) is 11.0. The van der Waals surface area contributed by atoms with Crippen LogP contribution in [0.1, 0.15) is 19.8 Å². The van der Waals surface area contributed by atoms with Crippen molar-refractivity contribution >= 4 is 15.7 Å². The van der Waals surface area contributed by atoms with E-state index < -0.39 is 9.84 Å². The Labute approximate surface area is 102 Å². The number of nitrogens with one attached hydrogen (secondary N) is 2. The molecule has 17 heavy (non-hydrogen) atoms. The van der Waals surface area contributed by atoms with E-state index in [1.54, 1.807) is 0 Å². The minimum atomic E-state index is -2.84. The maximum absolute atomic E-state index is 12.0. The molecule has 2 fully saturated rings. The zero-order chi connectivity index (χ0) is 12.5. The average Bonchev–Trinajstić information content (AvgIpc) is 2.82. The number of amides is 1. The number of hydrogen-bond donors (Lipinski definition) is 2. The smallest absolute Gasteiger partial charge is 0.227 e. The highest BCUT2D eigenvalue weighted by atomic mass is 32.2. The van der Waals surface area contributed by atoms with Crippen molar-refractivity contribution in [2.45, 2.75) is 19.8 Å². The molecule has 0 saturated carbocycles. The molecule has 2 unspecified atom stereocenters. The number of carbonyl (C=O) groups is 1. The molecule has 2 heterocycles. The van der Waals surface area contributed by atoms with Crippen molar-refractivity contribution < 1.29 is 13.2 Å². The summed E-state index contributed by atoms with van der Waals surface area (Å²) in [5.74, 6) is 0.642. The Hall–Kier alpha value is -0.620. The van der Waals surface area contributed by atoms with Crippen LogP contribution in [-0.2, 0) is 14.6 Å². The third kappa shape index (κ3) is 2.98. The van der Waals surface area contributed by atoms with Crippen LogP contribution in [0, 0.1) is 11.3 Å². The van der Waals surface area contributed by atoms with Crippen molar-refractivity contribution in [3.63, 3.8) is 0 Å². The minimum absolute atomic E-state index is 0.0480. The van der Waals surface area contributed by atoms with Crippen LogP contribution in [0.5, 0.6) is 0 Å². The molecule has 2 rings (SSSR count). The molecular weight excluding hydrogens is 240 g/mol. The molecule has 2 aliphatic heterocycles. The van der Waals surface area contributed by atoms with Crippen molar-refractivity contribution in [1.29, 1.82) is 0 Å². The fraction of sp³-hybridized carbons (Fsp3) is 0.909. The van der Waals surface area contributed by atoms with Gasteiger partial charge < -0.3 is 10.6 Å². The highest BCUT2D eigenvalue weighted by Gasteiger charge is 2.37. The van der Waals surface area contributed by atoms with Crippen LogP contribution < -0.4 is 10.6 Å². The van der Waals surface area contributed by atoms with Crippen LogP contribution in [0.2, 0.25) is 0 Å². The summed E-state index contributed by atoms with van der Waals surface area (Å²) < 4.78 is 22.6. The predicted octanol–water partition coefficient (Wildman–Crippen LogP) is -0.463. The lowest BCUT2D eigenvalue weighted by molar-refractivity contribution is -0.129. The third-order valence-electron chi connectivity index (χ3n) is 3.79. The van der Waals surface area contributed by atoms with Crippen molar-refractivity contribution in [2.24, 2.45) is 11.3 Å². The first-order valence-electron chi connectivity index (χ1n) is 6.11. The summed E-state index contributed by atoms with van der Waals surface area (Å²) in [4.78, 5) is 12.0. The SMILES string of the molecule is CC1(C(=O)NCC2CCS(=O)(=O)C2)CCNC1. The van der Waals surface area contributed by atoms with Crippen molar-refractivity contribution in [3.8, 4) is 0 Å². The summed E-state index contributed by atoms with van der Waals surface area (Å²) in [6.45, 7) is 4.03. The second kappa shape index (κ2) is 4.57. The predicted molar refractivity (Wildman–Crippen MR) is 65.4 cm³/mol. The van der Waals surface area contributed by atoms with Crippen LogP contribution >= 0.6 is 0 Å². The molecule has 2 saturated heterocycles. The van der Waals surface area contributed by atoms with Gasteiger partial charge in [-0.3, -0.25) is 4.79 Å². The summed E-state index contributed by atoms with van der Waals surface area (Å²) >= 11 is 0. The van der Waals surface area contributed by atoms with Gasteiger partial charge in [0.05, 0.1) is 16.9 Å². The van der Waals surface area contributed by atoms with Crippen LogP contribution in [0.25, 0.3) is 0 Å². The number of sulfone groups is 1. The summed E-state index contributed by atoms with van der Waals surface area (Å²) in [5, 5.41) is 6.08. The number of carbonyl (C=O) groups excluding carboxylic acids is 1. The topological polar surface area (TPSA) is 75.3 Å². The third-order valence-corrected chi connectivity index (χ3v) is 5.63. The first-order chi connectivity index (χ1) is 7.91. The molecule has 0 aromatic heterocycles. The van der Waals surface area contributed by atoms with Gasteiger partial charge in [0.15, 0.2) is 9.84 Å². The average molecular weight is 260 g/mol. The van der Waals surface area contributed by atoms with E-state index in [-0.39, 0.29) is 28.7 Å². The highest BCUT2D eigenvalue weighted by molar-refractivity contribution is 7.91. The van der Waals surface area contributed by atoms with E-state index in [1.807, 2.05) is 6.92 Å². The fourth-order valence-corrected chi connectivity index (χ4v) is 4.36. The maximum atomic E-state index is 12.0. The zero-order valence-electron chi connectivity index (χ0n) is 10.2. The molecule has 98 valence electrons. The second-order valence-corrected chi connectivity index (χ2v) is 7.70. The van der Waals surface area contributed by atoms with Crippen LogP contribution in [-0.4, -0.2) is 45.5 Å². The second-order valence-electron chi connectivity index (χ2n) is 5.47. The molecule has 0 radical (unpaired) electrons. The molecule has 0 aromatic rings. The normalized spacial score (nSPS) is 35.9. The maximum Gasteiger partial charge on any atom is 0.227 e. The van der Waals surface area contributed by atoms with Crippen LogP contribution in [0.3, 0.4) is 0 Å². The van der Waals surface area contributed by atoms with Gasteiger partial charge in [-0.15, -0.1) is 0 Å². The molecule has 2 atom stereocenters. The Morgan fingerprint density at radius 3 is 2.82 bits per heavy atom. The number of hydrogen-bond acceptors (Lipinski definition) is 4. The Balaban J connectivity index is 1.81. The lowest BCUT2D eigenvalue weighted by atomic mass is 9.88. The molecule has 0 aromatic carbocycles. The van der Waals surface area contributed by atoms with Crippen molar-refractivity contribution in [3.05, 3.63) is 0 Å². The Kier molecular flexibility index (Phi) is 3.45. The van der Waals surface area contributed by atoms with E-state index in [9.17, 15) is 13.2 Å². The summed E-state index contributed by atoms with van der Waals surface area (Å²) in [5.41, 5.74) is -0.322. The van der Waals surface area contributed by atoms with Gasteiger partial charge in [0, 0.05) is 13.1 Å². The highest BCUT2D eigenvalue weighted by Crippen LogP contribution is 2.25. The minimum Gasteiger partial charge on any atom is -0.355 e. The van der Waals surface area contributed by atoms with Gasteiger partial charge in [-0.05, 0) is 32.2 Å². The van der Waals surface area contributed by atoms with Gasteiger partial charge in [0.2, 0.25) is 5.91 Å². The molecule has 0 spiro atoms. The van der Waals surface area contributed by atoms with Gasteiger partial charge in [-0.2, -0.15) is 0 Å². The van der Waals surface area contributed by atoms with E-state index in [4.69, 9.17) is 0 Å². The quantitative estimate of drug-likeness (QED) is 0.720. The number of rotatable bonds is 3. The fourth-order valence-electron chi connectivity index (χ4n) is 2.49. The van der Waals surface area contributed by atoms with Crippen LogP contribution in [0.4, 0.5) is 0 Å². The van der Waals surface area contributed by atoms with Crippen molar-refractivity contribution in [1.82, 2.24) is 10.6 Å². The lowest BCUT2D eigenvalue weighted by Gasteiger charge is -2.22. The molecule has 5 nitrogen and oxygen atoms in total. The van der Waals surface area contributed by atoms with Gasteiger partial charge >= 0.3 is 0 Å². The van der Waals surface area contributed by atoms with E-state index in [1.165, 1.54) is 0 Å². The van der Waals surface area contributed by atoms with E-state index >= 15 is 0 Å². The monoisotopic (exact) mass is 260 g/mol. The van der Waals surface area contributed by atoms with Crippen molar-refractivity contribution in [2.75, 3.05) is 31.1 Å². The summed E-state index contributed by atoms with van der Waals surface area (Å²) in [6.07, 6.45) is 1.53. The first-order valence-corrected chi connectivity index (χ1v) is 7.93. The summed E-state index contributed by atoms with van der Waals surface area (Å²) in [6, 6.07) is 0.